The highest BCUT2D eigenvalue weighted by molar-refractivity contribution is 6.22. The quantitative estimate of drug-likeness (QED) is 0.179. The van der Waals surface area contributed by atoms with Crippen LogP contribution in [0, 0.1) is 0 Å². The number of furan rings is 1. The number of hydrogen-bond donors (Lipinski definition) is 0. The molecule has 0 radical (unpaired) electrons. The van der Waals surface area contributed by atoms with Gasteiger partial charge in [-0.3, -0.25) is 0 Å². The van der Waals surface area contributed by atoms with Gasteiger partial charge in [-0.2, -0.15) is 0 Å². The highest BCUT2D eigenvalue weighted by Gasteiger charge is 2.22. The lowest BCUT2D eigenvalue weighted by atomic mass is 10.0. The Bertz CT molecular complexity index is 3810. The van der Waals surface area contributed by atoms with E-state index in [1.807, 2.05) is 30.3 Å². The standard InChI is InChI=1S/C55H32N4O/c1-2-14-34(15-3-1)53-56-54(40-26-25-33-13-4-5-16-35(33)27-40)58-55(57-53)44-24-12-23-43-47-32-50(41-21-10-11-22-42(41)52(47)60-51(43)44)59-48-30-38-19-8-6-17-36(38)28-45(48)46-29-37-18-7-9-20-39(37)31-49(46)59/h1-32H. The molecule has 0 amide bonds. The zero-order chi connectivity index (χ0) is 39.3. The van der Waals surface area contributed by atoms with Gasteiger partial charge in [0.2, 0.25) is 0 Å². The Hall–Kier alpha value is -8.15. The second-order valence-corrected chi connectivity index (χ2v) is 15.6. The van der Waals surface area contributed by atoms with E-state index in [9.17, 15) is 0 Å². The summed E-state index contributed by atoms with van der Waals surface area (Å²) in [5, 5.41) is 13.8. The van der Waals surface area contributed by atoms with Crippen molar-refractivity contribution in [2.24, 2.45) is 0 Å². The minimum Gasteiger partial charge on any atom is -0.455 e. The molecule has 0 unspecified atom stereocenters. The van der Waals surface area contributed by atoms with E-state index in [4.69, 9.17) is 19.4 Å². The molecule has 0 aliphatic heterocycles. The molecular weight excluding hydrogens is 733 g/mol. The lowest BCUT2D eigenvalue weighted by Crippen LogP contribution is -2.00. The van der Waals surface area contributed by atoms with E-state index in [1.165, 1.54) is 37.7 Å². The van der Waals surface area contributed by atoms with Gasteiger partial charge in [0.05, 0.1) is 22.3 Å². The molecule has 0 fully saturated rings. The summed E-state index contributed by atoms with van der Waals surface area (Å²) in [5.41, 5.74) is 7.65. The number of fused-ring (bicyclic) bond motifs is 11. The van der Waals surface area contributed by atoms with Gasteiger partial charge in [0.15, 0.2) is 17.5 Å². The average molecular weight is 765 g/mol. The lowest BCUT2D eigenvalue weighted by molar-refractivity contribution is 0.673. The molecule has 5 heteroatoms. The lowest BCUT2D eigenvalue weighted by Gasteiger charge is -2.13. The molecule has 0 bridgehead atoms. The molecule has 0 aliphatic carbocycles. The molecule has 0 spiro atoms. The van der Waals surface area contributed by atoms with E-state index in [0.29, 0.717) is 17.5 Å². The van der Waals surface area contributed by atoms with Crippen LogP contribution in [0.3, 0.4) is 0 Å². The number of para-hydroxylation sites is 1. The predicted molar refractivity (Wildman–Crippen MR) is 248 cm³/mol. The van der Waals surface area contributed by atoms with E-state index in [2.05, 4.69) is 168 Å². The third-order valence-electron chi connectivity index (χ3n) is 12.1. The number of aromatic nitrogens is 4. The summed E-state index contributed by atoms with van der Waals surface area (Å²) >= 11 is 0. The Morgan fingerprint density at radius 1 is 0.317 bits per heavy atom. The van der Waals surface area contributed by atoms with Crippen LogP contribution < -0.4 is 0 Å². The number of hydrogen-bond acceptors (Lipinski definition) is 4. The van der Waals surface area contributed by atoms with Crippen LogP contribution in [0.2, 0.25) is 0 Å². The molecule has 0 aliphatic rings. The van der Waals surface area contributed by atoms with Crippen molar-refractivity contribution in [1.29, 1.82) is 0 Å². The molecule has 3 heterocycles. The predicted octanol–water partition coefficient (Wildman–Crippen LogP) is 14.5. The molecular formula is C55H32N4O. The summed E-state index contributed by atoms with van der Waals surface area (Å²) < 4.78 is 9.51. The fraction of sp³-hybridized carbons (Fsp3) is 0. The highest BCUT2D eigenvalue weighted by Crippen LogP contribution is 2.44. The van der Waals surface area contributed by atoms with E-state index in [0.717, 1.165) is 71.5 Å². The van der Waals surface area contributed by atoms with Gasteiger partial charge in [-0.25, -0.2) is 15.0 Å². The minimum atomic E-state index is 0.558. The molecule has 10 aromatic carbocycles. The van der Waals surface area contributed by atoms with Gasteiger partial charge in [0.25, 0.3) is 0 Å². The highest BCUT2D eigenvalue weighted by atomic mass is 16.3. The Morgan fingerprint density at radius 3 is 1.52 bits per heavy atom. The monoisotopic (exact) mass is 764 g/mol. The molecule has 5 nitrogen and oxygen atoms in total. The van der Waals surface area contributed by atoms with E-state index in [1.54, 1.807) is 0 Å². The van der Waals surface area contributed by atoms with Crippen molar-refractivity contribution in [2.45, 2.75) is 0 Å². The smallest absolute Gasteiger partial charge is 0.167 e. The van der Waals surface area contributed by atoms with Crippen LogP contribution in [0.4, 0.5) is 0 Å². The first-order valence-corrected chi connectivity index (χ1v) is 20.3. The molecule has 13 aromatic rings. The average Bonchev–Trinajstić information content (AvgIpc) is 3.84. The molecule has 0 saturated heterocycles. The van der Waals surface area contributed by atoms with Crippen molar-refractivity contribution in [1.82, 2.24) is 19.5 Å². The summed E-state index contributed by atoms with van der Waals surface area (Å²) in [7, 11) is 0. The van der Waals surface area contributed by atoms with Gasteiger partial charge in [-0.05, 0) is 74.8 Å². The van der Waals surface area contributed by atoms with Crippen LogP contribution in [-0.2, 0) is 0 Å². The van der Waals surface area contributed by atoms with Crippen LogP contribution in [0.1, 0.15) is 0 Å². The van der Waals surface area contributed by atoms with Gasteiger partial charge < -0.3 is 8.98 Å². The Balaban J connectivity index is 1.09. The zero-order valence-corrected chi connectivity index (χ0v) is 32.2. The Kier molecular flexibility index (Phi) is 6.95. The SMILES string of the molecule is c1ccc(-c2nc(-c3ccc4ccccc4c3)nc(-c3cccc4c3oc3c5ccccc5c(-n5c6cc7ccccc7cc6c6cc7ccccc7cc65)cc43)n2)cc1. The number of benzene rings is 10. The first kappa shape index (κ1) is 32.9. The van der Waals surface area contributed by atoms with Crippen molar-refractivity contribution in [2.75, 3.05) is 0 Å². The second-order valence-electron chi connectivity index (χ2n) is 15.6. The van der Waals surface area contributed by atoms with Crippen LogP contribution in [-0.4, -0.2) is 19.5 Å². The summed E-state index contributed by atoms with van der Waals surface area (Å²) in [5.74, 6) is 1.77. The topological polar surface area (TPSA) is 56.7 Å². The summed E-state index contributed by atoms with van der Waals surface area (Å²) in [6, 6.07) is 68.7. The Morgan fingerprint density at radius 2 is 0.833 bits per heavy atom. The van der Waals surface area contributed by atoms with Crippen LogP contribution in [0.15, 0.2) is 199 Å². The Labute approximate surface area is 343 Å². The second kappa shape index (κ2) is 12.7. The minimum absolute atomic E-state index is 0.558. The molecule has 13 rings (SSSR count). The molecule has 0 N–H and O–H groups in total. The summed E-state index contributed by atoms with van der Waals surface area (Å²) in [6.07, 6.45) is 0. The van der Waals surface area contributed by atoms with Gasteiger partial charge in [-0.15, -0.1) is 0 Å². The van der Waals surface area contributed by atoms with Crippen LogP contribution in [0.5, 0.6) is 0 Å². The van der Waals surface area contributed by atoms with Crippen molar-refractivity contribution >= 4 is 86.8 Å². The van der Waals surface area contributed by atoms with Gasteiger partial charge >= 0.3 is 0 Å². The normalized spacial score (nSPS) is 12.0. The van der Waals surface area contributed by atoms with Gasteiger partial charge in [0.1, 0.15) is 11.2 Å². The van der Waals surface area contributed by atoms with Crippen molar-refractivity contribution in [3.8, 4) is 39.9 Å². The van der Waals surface area contributed by atoms with Crippen molar-refractivity contribution in [3.63, 3.8) is 0 Å². The molecule has 60 heavy (non-hydrogen) atoms. The molecule has 278 valence electrons. The zero-order valence-electron chi connectivity index (χ0n) is 32.2. The van der Waals surface area contributed by atoms with E-state index in [-0.39, 0.29) is 0 Å². The first-order valence-electron chi connectivity index (χ1n) is 20.3. The fourth-order valence-electron chi connectivity index (χ4n) is 9.28. The third-order valence-corrected chi connectivity index (χ3v) is 12.1. The number of rotatable bonds is 4. The molecule has 0 atom stereocenters. The summed E-state index contributed by atoms with van der Waals surface area (Å²) in [4.78, 5) is 15.4. The fourth-order valence-corrected chi connectivity index (χ4v) is 9.28. The maximum atomic E-state index is 7.05. The third kappa shape index (κ3) is 4.96. The van der Waals surface area contributed by atoms with Crippen molar-refractivity contribution < 1.29 is 4.42 Å². The number of nitrogens with zero attached hydrogens (tertiary/aromatic N) is 4. The molecule has 3 aromatic heterocycles. The van der Waals surface area contributed by atoms with Crippen LogP contribution >= 0.6 is 0 Å². The largest absolute Gasteiger partial charge is 0.455 e. The van der Waals surface area contributed by atoms with E-state index < -0.39 is 0 Å². The van der Waals surface area contributed by atoms with Gasteiger partial charge in [0, 0.05) is 43.4 Å². The van der Waals surface area contributed by atoms with E-state index >= 15 is 0 Å². The van der Waals surface area contributed by atoms with Crippen molar-refractivity contribution in [3.05, 3.63) is 194 Å². The first-order chi connectivity index (χ1) is 29.7. The maximum Gasteiger partial charge on any atom is 0.167 e. The van der Waals surface area contributed by atoms with Gasteiger partial charge in [-0.1, -0.05) is 152 Å². The van der Waals surface area contributed by atoms with Crippen LogP contribution in [0.25, 0.3) is 127 Å². The molecule has 0 saturated carbocycles. The summed E-state index contributed by atoms with van der Waals surface area (Å²) in [6.45, 7) is 0. The maximum absolute atomic E-state index is 7.05.